The van der Waals surface area contributed by atoms with E-state index in [0.717, 1.165) is 34.4 Å². The van der Waals surface area contributed by atoms with Crippen LogP contribution in [0.5, 0.6) is 0 Å². The molecule has 152 valence electrons. The molecule has 7 heteroatoms. The normalized spacial score (nSPS) is 11.3. The average molecular weight is 429 g/mol. The van der Waals surface area contributed by atoms with Gasteiger partial charge in [0, 0.05) is 12.7 Å². The monoisotopic (exact) mass is 428 g/mol. The fourth-order valence-corrected chi connectivity index (χ4v) is 5.39. The first-order valence-electron chi connectivity index (χ1n) is 9.28. The quantitative estimate of drug-likeness (QED) is 0.600. The molecule has 0 aliphatic heterocycles. The number of hydrogen-bond donors (Lipinski definition) is 1. The molecule has 5 nitrogen and oxygen atoms in total. The van der Waals surface area contributed by atoms with E-state index in [1.54, 1.807) is 17.5 Å². The highest BCUT2D eigenvalue weighted by molar-refractivity contribution is 7.93. The van der Waals surface area contributed by atoms with Crippen LogP contribution in [0, 0.1) is 13.8 Å². The minimum atomic E-state index is -3.87. The lowest BCUT2D eigenvalue weighted by Gasteiger charge is -2.20. The molecule has 0 spiro atoms. The average Bonchev–Trinajstić information content (AvgIpc) is 3.21. The molecule has 0 atom stereocenters. The molecule has 1 aromatic heterocycles. The summed E-state index contributed by atoms with van der Waals surface area (Å²) in [6.45, 7) is 6.00. The van der Waals surface area contributed by atoms with Crippen molar-refractivity contribution in [3.63, 3.8) is 0 Å². The second-order valence-electron chi connectivity index (χ2n) is 6.86. The molecule has 1 amide bonds. The Bertz CT molecular complexity index is 1130. The van der Waals surface area contributed by atoms with E-state index in [1.807, 2.05) is 51.1 Å². The molecule has 0 unspecified atom stereocenters. The molecular formula is C22H24N2O3S2. The van der Waals surface area contributed by atoms with Crippen LogP contribution in [0.1, 0.15) is 33.3 Å². The predicted octanol–water partition coefficient (Wildman–Crippen LogP) is 5.00. The molecule has 2 aromatic carbocycles. The molecule has 1 N–H and O–H groups in total. The maximum absolute atomic E-state index is 13.2. The number of thiophene rings is 1. The predicted molar refractivity (Wildman–Crippen MR) is 120 cm³/mol. The fraction of sp³-hybridized carbons (Fsp3) is 0.227. The van der Waals surface area contributed by atoms with Gasteiger partial charge in [-0.1, -0.05) is 25.1 Å². The van der Waals surface area contributed by atoms with Crippen molar-refractivity contribution in [3.05, 3.63) is 75.5 Å². The number of anilines is 2. The summed E-state index contributed by atoms with van der Waals surface area (Å²) >= 11 is 1.11. The van der Waals surface area contributed by atoms with Gasteiger partial charge in [-0.05, 0) is 72.7 Å². The van der Waals surface area contributed by atoms with Gasteiger partial charge in [0.05, 0.1) is 5.69 Å². The van der Waals surface area contributed by atoms with E-state index in [-0.39, 0.29) is 9.77 Å². The number of carbonyl (C=O) groups is 1. The van der Waals surface area contributed by atoms with Crippen LogP contribution in [-0.2, 0) is 16.4 Å². The van der Waals surface area contributed by atoms with Crippen molar-refractivity contribution in [2.75, 3.05) is 16.7 Å². The van der Waals surface area contributed by atoms with Crippen molar-refractivity contribution < 1.29 is 13.2 Å². The molecule has 29 heavy (non-hydrogen) atoms. The summed E-state index contributed by atoms with van der Waals surface area (Å²) in [5, 5.41) is 4.43. The van der Waals surface area contributed by atoms with Gasteiger partial charge in [-0.3, -0.25) is 9.10 Å². The van der Waals surface area contributed by atoms with Crippen LogP contribution in [-0.4, -0.2) is 21.4 Å². The molecule has 0 aliphatic rings. The highest BCUT2D eigenvalue weighted by Crippen LogP contribution is 2.29. The second-order valence-corrected chi connectivity index (χ2v) is 9.71. The summed E-state index contributed by atoms with van der Waals surface area (Å²) < 4.78 is 27.6. The summed E-state index contributed by atoms with van der Waals surface area (Å²) in [7, 11) is -2.37. The van der Waals surface area contributed by atoms with Crippen LogP contribution >= 0.6 is 11.3 Å². The van der Waals surface area contributed by atoms with Gasteiger partial charge in [-0.2, -0.15) is 0 Å². The first kappa shape index (κ1) is 21.1. The number of nitrogens with one attached hydrogen (secondary N) is 1. The van der Waals surface area contributed by atoms with E-state index >= 15 is 0 Å². The third-order valence-electron chi connectivity index (χ3n) is 4.95. The molecule has 3 aromatic rings. The van der Waals surface area contributed by atoms with Gasteiger partial charge >= 0.3 is 0 Å². The minimum Gasteiger partial charge on any atom is -0.321 e. The number of benzene rings is 2. The van der Waals surface area contributed by atoms with Crippen molar-refractivity contribution in [2.45, 2.75) is 32.1 Å². The largest absolute Gasteiger partial charge is 0.321 e. The van der Waals surface area contributed by atoms with Gasteiger partial charge in [-0.25, -0.2) is 8.42 Å². The van der Waals surface area contributed by atoms with Gasteiger partial charge in [-0.15, -0.1) is 11.3 Å². The number of amides is 1. The molecule has 0 saturated carbocycles. The Hall–Kier alpha value is -2.64. The Morgan fingerprint density at radius 1 is 1.03 bits per heavy atom. The van der Waals surface area contributed by atoms with Crippen molar-refractivity contribution in [3.8, 4) is 0 Å². The van der Waals surface area contributed by atoms with Gasteiger partial charge < -0.3 is 5.32 Å². The van der Waals surface area contributed by atoms with Crippen LogP contribution in [0.3, 0.4) is 0 Å². The van der Waals surface area contributed by atoms with Crippen molar-refractivity contribution in [1.82, 2.24) is 0 Å². The van der Waals surface area contributed by atoms with Crippen LogP contribution in [0.2, 0.25) is 0 Å². The standard InChI is InChI=1S/C22H24N2O3S2/c1-5-17-7-10-19(11-8-17)24(4)29(26,27)20-12-13-28-21(20)22(25)23-18-9-6-15(2)16(3)14-18/h6-14H,5H2,1-4H3,(H,23,25). The Morgan fingerprint density at radius 3 is 2.34 bits per heavy atom. The van der Waals surface area contributed by atoms with E-state index in [4.69, 9.17) is 0 Å². The van der Waals surface area contributed by atoms with Crippen LogP contribution in [0.15, 0.2) is 58.8 Å². The zero-order valence-electron chi connectivity index (χ0n) is 16.9. The van der Waals surface area contributed by atoms with Gasteiger partial charge in [0.1, 0.15) is 9.77 Å². The number of sulfonamides is 1. The van der Waals surface area contributed by atoms with Gasteiger partial charge in [0.2, 0.25) is 0 Å². The molecule has 0 aliphatic carbocycles. The summed E-state index contributed by atoms with van der Waals surface area (Å²) in [6.07, 6.45) is 0.879. The SMILES string of the molecule is CCc1ccc(N(C)S(=O)(=O)c2ccsc2C(=O)Nc2ccc(C)c(C)c2)cc1. The van der Waals surface area contributed by atoms with Crippen LogP contribution < -0.4 is 9.62 Å². The molecular weight excluding hydrogens is 404 g/mol. The number of rotatable bonds is 6. The van der Waals surface area contributed by atoms with Crippen LogP contribution in [0.25, 0.3) is 0 Å². The van der Waals surface area contributed by atoms with E-state index in [9.17, 15) is 13.2 Å². The topological polar surface area (TPSA) is 66.5 Å². The Balaban J connectivity index is 1.88. The Kier molecular flexibility index (Phi) is 6.10. The third-order valence-corrected chi connectivity index (χ3v) is 7.82. The van der Waals surface area contributed by atoms with Crippen LogP contribution in [0.4, 0.5) is 11.4 Å². The Morgan fingerprint density at radius 2 is 1.72 bits per heavy atom. The molecule has 1 heterocycles. The van der Waals surface area contributed by atoms with E-state index in [0.29, 0.717) is 11.4 Å². The lowest BCUT2D eigenvalue weighted by molar-refractivity contribution is 0.102. The Labute approximate surface area is 176 Å². The van der Waals surface area contributed by atoms with Gasteiger partial charge in [0.15, 0.2) is 0 Å². The van der Waals surface area contributed by atoms with E-state index in [1.165, 1.54) is 17.4 Å². The lowest BCUT2D eigenvalue weighted by Crippen LogP contribution is -2.28. The molecule has 0 bridgehead atoms. The second kappa shape index (κ2) is 8.39. The van der Waals surface area contributed by atoms with Gasteiger partial charge in [0.25, 0.3) is 15.9 Å². The molecule has 0 fully saturated rings. The maximum atomic E-state index is 13.2. The summed E-state index contributed by atoms with van der Waals surface area (Å²) in [4.78, 5) is 13.0. The molecule has 3 rings (SSSR count). The zero-order valence-corrected chi connectivity index (χ0v) is 18.5. The van der Waals surface area contributed by atoms with E-state index in [2.05, 4.69) is 5.32 Å². The molecule has 0 saturated heterocycles. The van der Waals surface area contributed by atoms with E-state index < -0.39 is 15.9 Å². The number of aryl methyl sites for hydroxylation is 3. The minimum absolute atomic E-state index is 0.00546. The first-order chi connectivity index (χ1) is 13.7. The van der Waals surface area contributed by atoms with Crippen molar-refractivity contribution in [2.24, 2.45) is 0 Å². The molecule has 0 radical (unpaired) electrons. The number of nitrogens with zero attached hydrogens (tertiary/aromatic N) is 1. The zero-order chi connectivity index (χ0) is 21.2. The van der Waals surface area contributed by atoms with Crippen molar-refractivity contribution >= 4 is 38.6 Å². The first-order valence-corrected chi connectivity index (χ1v) is 11.6. The number of hydrogen-bond acceptors (Lipinski definition) is 4. The fourth-order valence-electron chi connectivity index (χ4n) is 2.90. The summed E-state index contributed by atoms with van der Waals surface area (Å²) in [5.74, 6) is -0.434. The smallest absolute Gasteiger partial charge is 0.267 e. The summed E-state index contributed by atoms with van der Waals surface area (Å²) in [5.41, 5.74) is 4.49. The van der Waals surface area contributed by atoms with Crippen molar-refractivity contribution in [1.29, 1.82) is 0 Å². The highest BCUT2D eigenvalue weighted by Gasteiger charge is 2.28. The maximum Gasteiger partial charge on any atom is 0.267 e. The highest BCUT2D eigenvalue weighted by atomic mass is 32.2. The third kappa shape index (κ3) is 4.36. The number of carbonyl (C=O) groups excluding carboxylic acids is 1. The summed E-state index contributed by atoms with van der Waals surface area (Å²) in [6, 6.07) is 14.4. The lowest BCUT2D eigenvalue weighted by atomic mass is 10.1.